The van der Waals surface area contributed by atoms with Crippen molar-refractivity contribution < 1.29 is 0 Å². The Hall–Kier alpha value is -2.71. The molecule has 2 aliphatic heterocycles. The molecule has 0 amide bonds. The van der Waals surface area contributed by atoms with Gasteiger partial charge in [0.2, 0.25) is 0 Å². The summed E-state index contributed by atoms with van der Waals surface area (Å²) >= 11 is 0. The summed E-state index contributed by atoms with van der Waals surface area (Å²) in [6.07, 6.45) is 21.5. The lowest BCUT2D eigenvalue weighted by Gasteiger charge is -2.37. The maximum Gasteiger partial charge on any atom is 0.0670 e. The van der Waals surface area contributed by atoms with Crippen molar-refractivity contribution in [2.75, 3.05) is 6.54 Å². The highest BCUT2D eigenvalue weighted by molar-refractivity contribution is 5.88. The summed E-state index contributed by atoms with van der Waals surface area (Å²) in [5.74, 6) is 2.50. The zero-order valence-electron chi connectivity index (χ0n) is 29.8. The minimum Gasteiger partial charge on any atom is -0.297 e. The zero-order valence-corrected chi connectivity index (χ0v) is 29.8. The van der Waals surface area contributed by atoms with Crippen molar-refractivity contribution in [3.05, 3.63) is 105 Å². The molecule has 3 fully saturated rings. The Balaban J connectivity index is 1.35. The lowest BCUT2D eigenvalue weighted by atomic mass is 9.85. The molecule has 0 radical (unpaired) electrons. The van der Waals surface area contributed by atoms with Gasteiger partial charge >= 0.3 is 0 Å². The van der Waals surface area contributed by atoms with Gasteiger partial charge in [0.05, 0.1) is 5.70 Å². The highest BCUT2D eigenvalue weighted by atomic mass is 15.2. The molecule has 2 heteroatoms. The second kappa shape index (κ2) is 14.8. The molecule has 0 aromatic heterocycles. The molecule has 6 atom stereocenters. The van der Waals surface area contributed by atoms with E-state index in [2.05, 4.69) is 115 Å². The van der Waals surface area contributed by atoms with Gasteiger partial charge in [-0.05, 0) is 138 Å². The third kappa shape index (κ3) is 7.99. The van der Waals surface area contributed by atoms with Gasteiger partial charge in [0.25, 0.3) is 0 Å². The van der Waals surface area contributed by atoms with Gasteiger partial charge < -0.3 is 0 Å². The number of hydrogen-bond donors (Lipinski definition) is 0. The van der Waals surface area contributed by atoms with Crippen LogP contribution in [0.15, 0.2) is 99.3 Å². The average molecular weight is 605 g/mol. The SMILES string of the molecule is C=C(C)C1=CC(C)=C(/C(=C/C(C)=C\C)Cc2ccccc2C)C(C)C=C1N=C(C)C1CC1CC(CC)CN1C2CCCC1CC2. The van der Waals surface area contributed by atoms with Crippen LogP contribution in [0.4, 0.5) is 0 Å². The van der Waals surface area contributed by atoms with E-state index in [0.717, 1.165) is 41.6 Å². The topological polar surface area (TPSA) is 15.6 Å². The predicted molar refractivity (Wildman–Crippen MR) is 196 cm³/mol. The monoisotopic (exact) mass is 604 g/mol. The number of nitrogens with zero attached hydrogens (tertiary/aromatic N) is 2. The molecule has 5 rings (SSSR count). The molecule has 45 heavy (non-hydrogen) atoms. The summed E-state index contributed by atoms with van der Waals surface area (Å²) in [7, 11) is 0. The smallest absolute Gasteiger partial charge is 0.0670 e. The van der Waals surface area contributed by atoms with Crippen molar-refractivity contribution in [2.24, 2.45) is 28.7 Å². The molecule has 2 heterocycles. The van der Waals surface area contributed by atoms with Crippen LogP contribution in [0.3, 0.4) is 0 Å². The number of allylic oxidation sites excluding steroid dienone is 9. The number of rotatable bonds is 12. The van der Waals surface area contributed by atoms with Gasteiger partial charge in [0.15, 0.2) is 0 Å². The van der Waals surface area contributed by atoms with E-state index in [0.29, 0.717) is 5.92 Å². The summed E-state index contributed by atoms with van der Waals surface area (Å²) in [5.41, 5.74) is 12.9. The van der Waals surface area contributed by atoms with Gasteiger partial charge in [-0.3, -0.25) is 9.89 Å². The molecule has 1 saturated carbocycles. The van der Waals surface area contributed by atoms with Crippen molar-refractivity contribution in [3.63, 3.8) is 0 Å². The third-order valence-electron chi connectivity index (χ3n) is 11.5. The Labute approximate surface area is 275 Å². The number of fused-ring (bicyclic) bond motifs is 2. The van der Waals surface area contributed by atoms with Crippen molar-refractivity contribution in [1.29, 1.82) is 0 Å². The zero-order chi connectivity index (χ0) is 32.2. The van der Waals surface area contributed by atoms with Crippen LogP contribution in [0.25, 0.3) is 0 Å². The Kier molecular flexibility index (Phi) is 11.1. The maximum atomic E-state index is 5.43. The first-order valence-electron chi connectivity index (χ1n) is 18.1. The summed E-state index contributed by atoms with van der Waals surface area (Å²) in [5, 5.41) is 0. The van der Waals surface area contributed by atoms with Crippen LogP contribution in [0.2, 0.25) is 0 Å². The first-order valence-corrected chi connectivity index (χ1v) is 18.1. The summed E-state index contributed by atoms with van der Waals surface area (Å²) in [6.45, 7) is 23.8. The quantitative estimate of drug-likeness (QED) is 0.171. The summed E-state index contributed by atoms with van der Waals surface area (Å²) in [4.78, 5) is 8.35. The van der Waals surface area contributed by atoms with Gasteiger partial charge in [-0.15, -0.1) is 0 Å². The van der Waals surface area contributed by atoms with Crippen LogP contribution in [-0.4, -0.2) is 29.2 Å². The molecule has 0 spiro atoms. The van der Waals surface area contributed by atoms with E-state index in [1.165, 1.54) is 103 Å². The number of piperidine rings is 1. The molecule has 6 unspecified atom stereocenters. The van der Waals surface area contributed by atoms with Crippen molar-refractivity contribution in [2.45, 2.75) is 125 Å². The van der Waals surface area contributed by atoms with E-state index >= 15 is 0 Å². The van der Waals surface area contributed by atoms with Crippen LogP contribution < -0.4 is 0 Å². The molecule has 2 aliphatic carbocycles. The largest absolute Gasteiger partial charge is 0.297 e. The number of aliphatic imine (C=N–C) groups is 1. The van der Waals surface area contributed by atoms with E-state index < -0.39 is 0 Å². The number of benzene rings is 1. The average Bonchev–Trinajstić information content (AvgIpc) is 3.76. The minimum absolute atomic E-state index is 0.254. The molecule has 4 aliphatic rings. The molecule has 1 aromatic carbocycles. The predicted octanol–water partition coefficient (Wildman–Crippen LogP) is 11.3. The first kappa shape index (κ1) is 33.6. The Morgan fingerprint density at radius 1 is 1.07 bits per heavy atom. The molecule has 2 bridgehead atoms. The van der Waals surface area contributed by atoms with Gasteiger partial charge in [-0.2, -0.15) is 0 Å². The fourth-order valence-corrected chi connectivity index (χ4v) is 8.63. The van der Waals surface area contributed by atoms with Gasteiger partial charge in [-0.25, -0.2) is 0 Å². The Bertz CT molecular complexity index is 1430. The second-order valence-electron chi connectivity index (χ2n) is 15.0. The van der Waals surface area contributed by atoms with E-state index in [9.17, 15) is 0 Å². The fraction of sp³-hybridized carbons (Fsp3) is 0.558. The highest BCUT2D eigenvalue weighted by Gasteiger charge is 2.42. The number of aryl methyl sites for hydroxylation is 1. The third-order valence-corrected chi connectivity index (χ3v) is 11.5. The Morgan fingerprint density at radius 2 is 1.78 bits per heavy atom. The molecule has 1 aromatic rings. The maximum absolute atomic E-state index is 5.43. The van der Waals surface area contributed by atoms with E-state index in [4.69, 9.17) is 4.99 Å². The van der Waals surface area contributed by atoms with E-state index in [-0.39, 0.29) is 5.92 Å². The van der Waals surface area contributed by atoms with Crippen LogP contribution in [0.1, 0.15) is 111 Å². The molecule has 0 N–H and O–H groups in total. The number of hydrogen-bond acceptors (Lipinski definition) is 2. The molecular formula is C43H60N2. The van der Waals surface area contributed by atoms with Crippen LogP contribution >= 0.6 is 0 Å². The summed E-state index contributed by atoms with van der Waals surface area (Å²) in [6, 6.07) is 10.6. The van der Waals surface area contributed by atoms with E-state index in [1.54, 1.807) is 0 Å². The lowest BCUT2D eigenvalue weighted by Crippen LogP contribution is -2.42. The standard InChI is InChI=1S/C43H60N2/c1-10-29(5)21-37(25-35-16-13-12-15-30(35)6)43-31(7)22-40(28(3)4)42(23-32(43)8)44-33(9)41-26-36(41)24-34(11-2)27-45-38-17-14-18-39(45)20-19-38/h10,12-13,15-16,21-23,32,34,36,38-39,41H,3,11,14,17-20,24-27H2,1-2,4-9H3/b29-10-,37-21+,44-33?. The minimum atomic E-state index is 0.254. The van der Waals surface area contributed by atoms with Gasteiger partial charge in [0, 0.05) is 41.7 Å². The molecule has 242 valence electrons. The van der Waals surface area contributed by atoms with Gasteiger partial charge in [-0.1, -0.05) is 81.3 Å². The normalized spacial score (nSPS) is 28.5. The van der Waals surface area contributed by atoms with E-state index in [1.807, 2.05) is 0 Å². The molecule has 2 nitrogen and oxygen atoms in total. The second-order valence-corrected chi connectivity index (χ2v) is 15.0. The fourth-order valence-electron chi connectivity index (χ4n) is 8.63. The van der Waals surface area contributed by atoms with Crippen molar-refractivity contribution in [3.8, 4) is 0 Å². The van der Waals surface area contributed by atoms with Crippen LogP contribution in [0, 0.1) is 30.6 Å². The molecule has 2 saturated heterocycles. The Morgan fingerprint density at radius 3 is 2.42 bits per heavy atom. The van der Waals surface area contributed by atoms with Crippen molar-refractivity contribution >= 4 is 5.71 Å². The van der Waals surface area contributed by atoms with Crippen LogP contribution in [0.5, 0.6) is 0 Å². The lowest BCUT2D eigenvalue weighted by molar-refractivity contribution is 0.112. The van der Waals surface area contributed by atoms with Crippen molar-refractivity contribution in [1.82, 2.24) is 4.90 Å². The van der Waals surface area contributed by atoms with Gasteiger partial charge in [0.1, 0.15) is 0 Å². The highest BCUT2D eigenvalue weighted by Crippen LogP contribution is 2.46. The molecular weight excluding hydrogens is 544 g/mol. The first-order chi connectivity index (χ1) is 21.6. The van der Waals surface area contributed by atoms with Crippen LogP contribution in [-0.2, 0) is 6.42 Å². The summed E-state index contributed by atoms with van der Waals surface area (Å²) < 4.78 is 0.